The molecule has 1 atom stereocenters. The molecule has 0 aliphatic carbocycles. The number of hydrogen-bond donors (Lipinski definition) is 2. The molecule has 1 aliphatic rings. The SMILES string of the molecule is Cc1[nH]c2ccccc2c1C(CN)N1CCCC1. The predicted octanol–water partition coefficient (Wildman–Crippen LogP) is 2.57. The van der Waals surface area contributed by atoms with E-state index in [1.54, 1.807) is 0 Å². The van der Waals surface area contributed by atoms with Gasteiger partial charge in [-0.15, -0.1) is 0 Å². The summed E-state index contributed by atoms with van der Waals surface area (Å²) in [5.74, 6) is 0. The number of nitrogens with zero attached hydrogens (tertiary/aromatic N) is 1. The molecule has 3 nitrogen and oxygen atoms in total. The van der Waals surface area contributed by atoms with Crippen molar-refractivity contribution in [2.24, 2.45) is 5.73 Å². The van der Waals surface area contributed by atoms with Crippen LogP contribution in [-0.2, 0) is 0 Å². The Bertz CT molecular complexity index is 538. The molecule has 0 amide bonds. The Kier molecular flexibility index (Phi) is 3.10. The van der Waals surface area contributed by atoms with Crippen LogP contribution in [0.15, 0.2) is 24.3 Å². The normalized spacial score (nSPS) is 18.6. The Morgan fingerprint density at radius 3 is 2.72 bits per heavy atom. The molecule has 3 heteroatoms. The summed E-state index contributed by atoms with van der Waals surface area (Å²) in [4.78, 5) is 6.01. The molecule has 1 aromatic heterocycles. The van der Waals surface area contributed by atoms with Crippen molar-refractivity contribution in [1.29, 1.82) is 0 Å². The van der Waals surface area contributed by atoms with E-state index in [2.05, 4.69) is 41.1 Å². The zero-order valence-electron chi connectivity index (χ0n) is 10.9. The van der Waals surface area contributed by atoms with Gasteiger partial charge in [0.15, 0.2) is 0 Å². The summed E-state index contributed by atoms with van der Waals surface area (Å²) < 4.78 is 0. The molecule has 1 fully saturated rings. The number of aryl methyl sites for hydroxylation is 1. The molecular weight excluding hydrogens is 222 g/mol. The Hall–Kier alpha value is -1.32. The van der Waals surface area contributed by atoms with Crippen molar-refractivity contribution in [2.75, 3.05) is 19.6 Å². The predicted molar refractivity (Wildman–Crippen MR) is 75.6 cm³/mol. The smallest absolute Gasteiger partial charge is 0.0494 e. The summed E-state index contributed by atoms with van der Waals surface area (Å²) in [5.41, 5.74) is 9.93. The van der Waals surface area contributed by atoms with Crippen LogP contribution >= 0.6 is 0 Å². The molecule has 1 aromatic carbocycles. The van der Waals surface area contributed by atoms with Gasteiger partial charge in [0.1, 0.15) is 0 Å². The van der Waals surface area contributed by atoms with E-state index in [0.29, 0.717) is 12.6 Å². The number of nitrogens with two attached hydrogens (primary N) is 1. The molecule has 96 valence electrons. The minimum atomic E-state index is 0.364. The molecule has 18 heavy (non-hydrogen) atoms. The number of H-pyrrole nitrogens is 1. The van der Waals surface area contributed by atoms with E-state index >= 15 is 0 Å². The Balaban J connectivity index is 2.08. The van der Waals surface area contributed by atoms with Crippen LogP contribution in [0.5, 0.6) is 0 Å². The minimum absolute atomic E-state index is 0.364. The van der Waals surface area contributed by atoms with Gasteiger partial charge in [0.05, 0.1) is 0 Å². The molecule has 2 heterocycles. The fraction of sp³-hybridized carbons (Fsp3) is 0.467. The number of fused-ring (bicyclic) bond motifs is 1. The molecule has 3 rings (SSSR count). The fourth-order valence-electron chi connectivity index (χ4n) is 3.23. The highest BCUT2D eigenvalue weighted by Crippen LogP contribution is 2.32. The van der Waals surface area contributed by atoms with Gasteiger partial charge < -0.3 is 10.7 Å². The summed E-state index contributed by atoms with van der Waals surface area (Å²) in [6.07, 6.45) is 2.61. The number of aromatic amines is 1. The second-order valence-corrected chi connectivity index (χ2v) is 5.20. The zero-order chi connectivity index (χ0) is 12.5. The zero-order valence-corrected chi connectivity index (χ0v) is 10.9. The van der Waals surface area contributed by atoms with Crippen molar-refractivity contribution >= 4 is 10.9 Å². The minimum Gasteiger partial charge on any atom is -0.358 e. The Labute approximate surface area is 108 Å². The lowest BCUT2D eigenvalue weighted by molar-refractivity contribution is 0.252. The third-order valence-electron chi connectivity index (χ3n) is 4.08. The number of hydrogen-bond acceptors (Lipinski definition) is 2. The van der Waals surface area contributed by atoms with Gasteiger partial charge in [-0.05, 0) is 44.5 Å². The summed E-state index contributed by atoms with van der Waals surface area (Å²) in [6, 6.07) is 8.89. The molecule has 3 N–H and O–H groups in total. The van der Waals surface area contributed by atoms with Gasteiger partial charge in [-0.1, -0.05) is 18.2 Å². The average Bonchev–Trinajstić information content (AvgIpc) is 2.99. The van der Waals surface area contributed by atoms with Crippen LogP contribution in [0.3, 0.4) is 0 Å². The van der Waals surface area contributed by atoms with E-state index < -0.39 is 0 Å². The van der Waals surface area contributed by atoms with E-state index in [1.165, 1.54) is 48.1 Å². The molecule has 0 radical (unpaired) electrons. The van der Waals surface area contributed by atoms with Gasteiger partial charge in [-0.25, -0.2) is 0 Å². The van der Waals surface area contributed by atoms with Crippen molar-refractivity contribution in [2.45, 2.75) is 25.8 Å². The third kappa shape index (κ3) is 1.84. The van der Waals surface area contributed by atoms with Crippen LogP contribution in [0.25, 0.3) is 10.9 Å². The van der Waals surface area contributed by atoms with E-state index in [4.69, 9.17) is 5.73 Å². The lowest BCUT2D eigenvalue weighted by Crippen LogP contribution is -2.31. The van der Waals surface area contributed by atoms with Crippen molar-refractivity contribution in [3.8, 4) is 0 Å². The first-order valence-corrected chi connectivity index (χ1v) is 6.82. The lowest BCUT2D eigenvalue weighted by Gasteiger charge is -2.26. The number of likely N-dealkylation sites (tertiary alicyclic amines) is 1. The van der Waals surface area contributed by atoms with Crippen LogP contribution in [-0.4, -0.2) is 29.5 Å². The van der Waals surface area contributed by atoms with Gasteiger partial charge in [0.2, 0.25) is 0 Å². The Morgan fingerprint density at radius 2 is 2.00 bits per heavy atom. The molecule has 0 saturated carbocycles. The first-order valence-electron chi connectivity index (χ1n) is 6.82. The monoisotopic (exact) mass is 243 g/mol. The highest BCUT2D eigenvalue weighted by Gasteiger charge is 2.25. The highest BCUT2D eigenvalue weighted by atomic mass is 15.2. The summed E-state index contributed by atoms with van der Waals surface area (Å²) in [5, 5.41) is 1.33. The van der Waals surface area contributed by atoms with Gasteiger partial charge in [0, 0.05) is 29.2 Å². The van der Waals surface area contributed by atoms with Gasteiger partial charge >= 0.3 is 0 Å². The van der Waals surface area contributed by atoms with Gasteiger partial charge in [0.25, 0.3) is 0 Å². The van der Waals surface area contributed by atoms with Crippen LogP contribution in [0.2, 0.25) is 0 Å². The maximum Gasteiger partial charge on any atom is 0.0494 e. The molecule has 2 aromatic rings. The third-order valence-corrected chi connectivity index (χ3v) is 4.08. The van der Waals surface area contributed by atoms with Crippen molar-refractivity contribution in [1.82, 2.24) is 9.88 Å². The quantitative estimate of drug-likeness (QED) is 0.870. The van der Waals surface area contributed by atoms with Gasteiger partial charge in [-0.2, -0.15) is 0 Å². The molecule has 1 saturated heterocycles. The molecular formula is C15H21N3. The van der Waals surface area contributed by atoms with Crippen LogP contribution in [0.4, 0.5) is 0 Å². The van der Waals surface area contributed by atoms with Gasteiger partial charge in [-0.3, -0.25) is 4.90 Å². The summed E-state index contributed by atoms with van der Waals surface area (Å²) >= 11 is 0. The molecule has 0 spiro atoms. The second kappa shape index (κ2) is 4.75. The first-order chi connectivity index (χ1) is 8.81. The molecule has 1 unspecified atom stereocenters. The van der Waals surface area contributed by atoms with E-state index in [1.807, 2.05) is 0 Å². The standard InChI is InChI=1S/C15H21N3/c1-11-15(12-6-2-3-7-13(12)17-11)14(10-16)18-8-4-5-9-18/h2-3,6-7,14,17H,4-5,8-10,16H2,1H3. The average molecular weight is 243 g/mol. The Morgan fingerprint density at radius 1 is 1.28 bits per heavy atom. The first kappa shape index (κ1) is 11.8. The van der Waals surface area contributed by atoms with Crippen LogP contribution in [0.1, 0.15) is 30.1 Å². The number of aromatic nitrogens is 1. The number of para-hydroxylation sites is 1. The van der Waals surface area contributed by atoms with E-state index in [-0.39, 0.29) is 0 Å². The summed E-state index contributed by atoms with van der Waals surface area (Å²) in [7, 11) is 0. The van der Waals surface area contributed by atoms with Crippen molar-refractivity contribution in [3.05, 3.63) is 35.5 Å². The lowest BCUT2D eigenvalue weighted by atomic mass is 10.0. The van der Waals surface area contributed by atoms with E-state index in [0.717, 1.165) is 0 Å². The number of benzene rings is 1. The maximum absolute atomic E-state index is 6.05. The number of nitrogens with one attached hydrogen (secondary N) is 1. The summed E-state index contributed by atoms with van der Waals surface area (Å²) in [6.45, 7) is 5.22. The van der Waals surface area contributed by atoms with Crippen LogP contribution in [0, 0.1) is 6.92 Å². The molecule has 0 bridgehead atoms. The maximum atomic E-state index is 6.05. The fourth-order valence-corrected chi connectivity index (χ4v) is 3.23. The topological polar surface area (TPSA) is 45.1 Å². The van der Waals surface area contributed by atoms with E-state index in [9.17, 15) is 0 Å². The van der Waals surface area contributed by atoms with Crippen molar-refractivity contribution < 1.29 is 0 Å². The molecule has 1 aliphatic heterocycles. The van der Waals surface area contributed by atoms with Crippen LogP contribution < -0.4 is 5.73 Å². The highest BCUT2D eigenvalue weighted by molar-refractivity contribution is 5.85. The number of rotatable bonds is 3. The second-order valence-electron chi connectivity index (χ2n) is 5.20. The largest absolute Gasteiger partial charge is 0.358 e. The van der Waals surface area contributed by atoms with Crippen molar-refractivity contribution in [3.63, 3.8) is 0 Å².